The fourth-order valence-electron chi connectivity index (χ4n) is 2.63. The van der Waals surface area contributed by atoms with Crippen molar-refractivity contribution in [3.8, 4) is 0 Å². The standard InChI is InChI=1S/C13H17NO2/c1-8-3-4-9(2)13-12(8)10(7-14-13)5-6-11(15)16/h4,10,12,14H,5-7H2,1-2H3,(H,15,16). The molecule has 1 fully saturated rings. The van der Waals surface area contributed by atoms with Gasteiger partial charge in [-0.15, -0.1) is 5.73 Å². The Hall–Kier alpha value is -1.47. The molecule has 0 saturated carbocycles. The Bertz CT molecular complexity index is 414. The average molecular weight is 219 g/mol. The molecular weight excluding hydrogens is 202 g/mol. The zero-order valence-electron chi connectivity index (χ0n) is 9.71. The molecule has 0 amide bonds. The lowest BCUT2D eigenvalue weighted by Crippen LogP contribution is -2.15. The highest BCUT2D eigenvalue weighted by molar-refractivity contribution is 5.66. The van der Waals surface area contributed by atoms with Gasteiger partial charge in [-0.3, -0.25) is 4.79 Å². The Morgan fingerprint density at radius 3 is 3.06 bits per heavy atom. The Labute approximate surface area is 95.5 Å². The van der Waals surface area contributed by atoms with E-state index in [0.29, 0.717) is 11.8 Å². The van der Waals surface area contributed by atoms with Crippen molar-refractivity contribution < 1.29 is 9.90 Å². The smallest absolute Gasteiger partial charge is 0.303 e. The minimum atomic E-state index is -0.706. The van der Waals surface area contributed by atoms with Gasteiger partial charge in [-0.1, -0.05) is 0 Å². The van der Waals surface area contributed by atoms with Crippen molar-refractivity contribution in [3.05, 3.63) is 28.7 Å². The third-order valence-electron chi connectivity index (χ3n) is 3.47. The van der Waals surface area contributed by atoms with Crippen LogP contribution in [-0.4, -0.2) is 17.6 Å². The van der Waals surface area contributed by atoms with E-state index in [1.165, 1.54) is 16.8 Å². The van der Waals surface area contributed by atoms with Crippen LogP contribution in [0.3, 0.4) is 0 Å². The van der Waals surface area contributed by atoms with Crippen LogP contribution in [0.2, 0.25) is 0 Å². The van der Waals surface area contributed by atoms with Crippen LogP contribution in [0.4, 0.5) is 0 Å². The van der Waals surface area contributed by atoms with Gasteiger partial charge in [0.05, 0.1) is 0 Å². The highest BCUT2D eigenvalue weighted by atomic mass is 16.4. The number of hydrogen-bond donors (Lipinski definition) is 2. The molecule has 0 aromatic carbocycles. The van der Waals surface area contributed by atoms with Crippen LogP contribution in [0.5, 0.6) is 0 Å². The first-order chi connectivity index (χ1) is 7.59. The van der Waals surface area contributed by atoms with Gasteiger partial charge in [-0.05, 0) is 43.4 Å². The summed E-state index contributed by atoms with van der Waals surface area (Å²) >= 11 is 0. The van der Waals surface area contributed by atoms with Crippen molar-refractivity contribution in [2.24, 2.45) is 11.8 Å². The Morgan fingerprint density at radius 1 is 1.62 bits per heavy atom. The predicted octanol–water partition coefficient (Wildman–Crippen LogP) is 2.08. The lowest BCUT2D eigenvalue weighted by Gasteiger charge is -2.21. The van der Waals surface area contributed by atoms with Gasteiger partial charge < -0.3 is 10.4 Å². The number of aliphatic carboxylic acids is 1. The third-order valence-corrected chi connectivity index (χ3v) is 3.47. The second-order valence-corrected chi connectivity index (χ2v) is 4.62. The zero-order chi connectivity index (χ0) is 11.7. The molecule has 2 unspecified atom stereocenters. The van der Waals surface area contributed by atoms with Gasteiger partial charge in [0.2, 0.25) is 0 Å². The summed E-state index contributed by atoms with van der Waals surface area (Å²) in [7, 11) is 0. The number of hydrogen-bond acceptors (Lipinski definition) is 2. The van der Waals surface area contributed by atoms with Crippen molar-refractivity contribution in [3.63, 3.8) is 0 Å². The molecule has 1 aliphatic carbocycles. The first-order valence-corrected chi connectivity index (χ1v) is 5.69. The summed E-state index contributed by atoms with van der Waals surface area (Å²) in [5.41, 5.74) is 6.99. The van der Waals surface area contributed by atoms with Crippen molar-refractivity contribution in [1.29, 1.82) is 0 Å². The monoisotopic (exact) mass is 219 g/mol. The summed E-state index contributed by atoms with van der Waals surface area (Å²) in [5.74, 6) is 0.0636. The molecule has 0 radical (unpaired) electrons. The number of fused-ring (bicyclic) bond motifs is 1. The topological polar surface area (TPSA) is 49.3 Å². The van der Waals surface area contributed by atoms with Gasteiger partial charge in [0.25, 0.3) is 0 Å². The summed E-state index contributed by atoms with van der Waals surface area (Å²) in [6, 6.07) is 0. The second kappa shape index (κ2) is 4.18. The number of nitrogens with one attached hydrogen (secondary N) is 1. The number of allylic oxidation sites excluding steroid dienone is 2. The van der Waals surface area contributed by atoms with Crippen LogP contribution in [0.15, 0.2) is 28.7 Å². The molecule has 86 valence electrons. The number of carboxylic acids is 1. The number of carboxylic acid groups (broad SMARTS) is 1. The zero-order valence-corrected chi connectivity index (χ0v) is 9.71. The van der Waals surface area contributed by atoms with Crippen molar-refractivity contribution in [2.75, 3.05) is 6.54 Å². The second-order valence-electron chi connectivity index (χ2n) is 4.62. The molecule has 3 nitrogen and oxygen atoms in total. The van der Waals surface area contributed by atoms with E-state index < -0.39 is 5.97 Å². The molecule has 2 N–H and O–H groups in total. The molecule has 0 aromatic heterocycles. The highest BCUT2D eigenvalue weighted by Crippen LogP contribution is 2.37. The van der Waals surface area contributed by atoms with Gasteiger partial charge in [0.1, 0.15) is 0 Å². The Morgan fingerprint density at radius 2 is 2.38 bits per heavy atom. The van der Waals surface area contributed by atoms with Crippen LogP contribution in [-0.2, 0) is 4.79 Å². The van der Waals surface area contributed by atoms with E-state index in [0.717, 1.165) is 13.0 Å². The van der Waals surface area contributed by atoms with Crippen LogP contribution >= 0.6 is 0 Å². The average Bonchev–Trinajstić information content (AvgIpc) is 2.65. The minimum absolute atomic E-state index is 0.256. The van der Waals surface area contributed by atoms with Gasteiger partial charge in [0, 0.05) is 24.6 Å². The molecular formula is C13H17NO2. The quantitative estimate of drug-likeness (QED) is 0.714. The molecule has 1 heterocycles. The lowest BCUT2D eigenvalue weighted by atomic mass is 9.82. The number of rotatable bonds is 3. The van der Waals surface area contributed by atoms with E-state index >= 15 is 0 Å². The maximum Gasteiger partial charge on any atom is 0.303 e. The first-order valence-electron chi connectivity index (χ1n) is 5.69. The fourth-order valence-corrected chi connectivity index (χ4v) is 2.63. The van der Waals surface area contributed by atoms with E-state index in [1.54, 1.807) is 0 Å². The van der Waals surface area contributed by atoms with Crippen LogP contribution in [0.25, 0.3) is 0 Å². The normalized spacial score (nSPS) is 27.5. The summed E-state index contributed by atoms with van der Waals surface area (Å²) in [6.45, 7) is 5.04. The molecule has 2 rings (SSSR count). The molecule has 0 bridgehead atoms. The van der Waals surface area contributed by atoms with E-state index in [4.69, 9.17) is 5.11 Å². The molecule has 0 aromatic rings. The van der Waals surface area contributed by atoms with Crippen LogP contribution in [0.1, 0.15) is 26.7 Å². The van der Waals surface area contributed by atoms with Gasteiger partial charge in [0.15, 0.2) is 0 Å². The molecule has 3 heteroatoms. The summed E-state index contributed by atoms with van der Waals surface area (Å²) < 4.78 is 0. The highest BCUT2D eigenvalue weighted by Gasteiger charge is 2.34. The number of carbonyl (C=O) groups is 1. The maximum atomic E-state index is 10.6. The van der Waals surface area contributed by atoms with Gasteiger partial charge in [-0.25, -0.2) is 0 Å². The summed E-state index contributed by atoms with van der Waals surface area (Å²) in [5, 5.41) is 12.1. The molecule has 16 heavy (non-hydrogen) atoms. The van der Waals surface area contributed by atoms with E-state index in [2.05, 4.69) is 24.9 Å². The predicted molar refractivity (Wildman–Crippen MR) is 61.8 cm³/mol. The van der Waals surface area contributed by atoms with E-state index in [-0.39, 0.29) is 6.42 Å². The van der Waals surface area contributed by atoms with Crippen molar-refractivity contribution >= 4 is 5.97 Å². The Balaban J connectivity index is 2.15. The first kappa shape index (κ1) is 11.0. The molecule has 2 atom stereocenters. The SMILES string of the molecule is CC1=C=CC(C)=C2NCC(CCC(=O)O)C12. The van der Waals surface area contributed by atoms with E-state index in [9.17, 15) is 4.79 Å². The maximum absolute atomic E-state index is 10.6. The van der Waals surface area contributed by atoms with Gasteiger partial charge in [-0.2, -0.15) is 0 Å². The largest absolute Gasteiger partial charge is 0.481 e. The summed E-state index contributed by atoms with van der Waals surface area (Å²) in [6.07, 6.45) is 3.00. The molecule has 2 aliphatic rings. The molecule has 1 aliphatic heterocycles. The summed E-state index contributed by atoms with van der Waals surface area (Å²) in [4.78, 5) is 10.6. The van der Waals surface area contributed by atoms with Crippen LogP contribution in [0, 0.1) is 11.8 Å². The van der Waals surface area contributed by atoms with Crippen LogP contribution < -0.4 is 5.32 Å². The van der Waals surface area contributed by atoms with Crippen molar-refractivity contribution in [2.45, 2.75) is 26.7 Å². The van der Waals surface area contributed by atoms with E-state index in [1.807, 2.05) is 6.08 Å². The van der Waals surface area contributed by atoms with Crippen molar-refractivity contribution in [1.82, 2.24) is 5.32 Å². The molecule has 0 spiro atoms. The fraction of sp³-hybridized carbons (Fsp3) is 0.538. The van der Waals surface area contributed by atoms with Gasteiger partial charge >= 0.3 is 5.97 Å². The third kappa shape index (κ3) is 1.91. The minimum Gasteiger partial charge on any atom is -0.481 e. The molecule has 1 saturated heterocycles. The Kier molecular flexibility index (Phi) is 2.88. The lowest BCUT2D eigenvalue weighted by molar-refractivity contribution is -0.137.